The minimum Gasteiger partial charge on any atom is -0.454 e. The number of nitrogens with one attached hydrogen (secondary N) is 4. The third-order valence-electron chi connectivity index (χ3n) is 5.95. The van der Waals surface area contributed by atoms with Crippen molar-refractivity contribution in [2.75, 3.05) is 17.2 Å². The van der Waals surface area contributed by atoms with Gasteiger partial charge in [0.15, 0.2) is 6.61 Å². The van der Waals surface area contributed by atoms with Crippen molar-refractivity contribution in [3.63, 3.8) is 0 Å². The Hall–Kier alpha value is -5.20. The fraction of sp³-hybridized carbons (Fsp3) is 0.179. The first-order chi connectivity index (χ1) is 19.7. The molecule has 13 heteroatoms. The van der Waals surface area contributed by atoms with Crippen LogP contribution in [0.25, 0.3) is 0 Å². The number of amides is 2. The predicted molar refractivity (Wildman–Crippen MR) is 144 cm³/mol. The summed E-state index contributed by atoms with van der Waals surface area (Å²) < 4.78 is 43.1. The van der Waals surface area contributed by atoms with Crippen LogP contribution in [0.4, 0.5) is 30.8 Å². The molecule has 0 saturated heterocycles. The number of hydrogen-bond donors (Lipinski definition) is 4. The highest BCUT2D eigenvalue weighted by molar-refractivity contribution is 6.07. The standard InChI is InChI=1S/C28H24F3N7O3/c29-28(30,31)16-41-27-37-25-34-15-19-5-3-4-18(12-19)14-33-24(40)22-7-2-1-6-21(22)23(39)32-13-17-8-10-20(11-9-17)35-26(36-25)38-27/h1-12H,13-16H2,(H,32,39)(H,33,40)(H2,34,35,36,37,38). The van der Waals surface area contributed by atoms with Gasteiger partial charge in [0.25, 0.3) is 11.8 Å². The molecule has 0 saturated carbocycles. The second-order valence-electron chi connectivity index (χ2n) is 9.08. The molecule has 2 aliphatic rings. The Bertz CT molecular complexity index is 1560. The van der Waals surface area contributed by atoms with E-state index in [0.717, 1.165) is 16.7 Å². The molecule has 0 radical (unpaired) electrons. The number of benzene rings is 3. The molecule has 3 aromatic carbocycles. The van der Waals surface area contributed by atoms with E-state index in [2.05, 4.69) is 36.2 Å². The van der Waals surface area contributed by atoms with E-state index in [1.807, 2.05) is 18.2 Å². The molecule has 4 aromatic rings. The lowest BCUT2D eigenvalue weighted by Crippen LogP contribution is -2.29. The second kappa shape index (κ2) is 11.9. The Labute approximate surface area is 232 Å². The summed E-state index contributed by atoms with van der Waals surface area (Å²) in [5.74, 6) is -0.828. The largest absolute Gasteiger partial charge is 0.454 e. The van der Waals surface area contributed by atoms with Gasteiger partial charge in [-0.3, -0.25) is 9.59 Å². The molecule has 0 atom stereocenters. The number of ether oxygens (including phenoxy) is 1. The monoisotopic (exact) mass is 563 g/mol. The van der Waals surface area contributed by atoms with Crippen LogP contribution in [0.15, 0.2) is 72.8 Å². The number of alkyl halides is 3. The molecular formula is C28H24F3N7O3. The maximum absolute atomic E-state index is 13.0. The van der Waals surface area contributed by atoms with Gasteiger partial charge in [0, 0.05) is 25.3 Å². The highest BCUT2D eigenvalue weighted by atomic mass is 19.4. The summed E-state index contributed by atoms with van der Waals surface area (Å²) in [6.07, 6.45) is -4.57. The molecule has 2 aliphatic heterocycles. The van der Waals surface area contributed by atoms with E-state index in [9.17, 15) is 22.8 Å². The summed E-state index contributed by atoms with van der Waals surface area (Å²) >= 11 is 0. The lowest BCUT2D eigenvalue weighted by Gasteiger charge is -2.12. The first-order valence-corrected chi connectivity index (χ1v) is 12.5. The number of anilines is 3. The van der Waals surface area contributed by atoms with Gasteiger partial charge in [-0.15, -0.1) is 0 Å². The molecule has 6 rings (SSSR count). The van der Waals surface area contributed by atoms with Crippen LogP contribution in [-0.4, -0.2) is 39.5 Å². The predicted octanol–water partition coefficient (Wildman–Crippen LogP) is 4.34. The summed E-state index contributed by atoms with van der Waals surface area (Å²) in [6.45, 7) is -0.948. The summed E-state index contributed by atoms with van der Waals surface area (Å²) in [4.78, 5) is 38.1. The summed E-state index contributed by atoms with van der Waals surface area (Å²) in [5, 5.41) is 11.6. The molecule has 10 nitrogen and oxygen atoms in total. The molecule has 0 spiro atoms. The number of carbonyl (C=O) groups is 2. The average Bonchev–Trinajstić information content (AvgIpc) is 2.97. The van der Waals surface area contributed by atoms with Gasteiger partial charge in [0.2, 0.25) is 11.9 Å². The lowest BCUT2D eigenvalue weighted by molar-refractivity contribution is -0.154. The Morgan fingerprint density at radius 2 is 1.27 bits per heavy atom. The normalized spacial score (nSPS) is 13.9. The molecule has 0 fully saturated rings. The fourth-order valence-corrected chi connectivity index (χ4v) is 4.00. The highest BCUT2D eigenvalue weighted by Gasteiger charge is 2.29. The van der Waals surface area contributed by atoms with Crippen LogP contribution in [0.3, 0.4) is 0 Å². The van der Waals surface area contributed by atoms with Crippen LogP contribution in [0.5, 0.6) is 6.01 Å². The van der Waals surface area contributed by atoms with Gasteiger partial charge in [0.05, 0.1) is 11.1 Å². The van der Waals surface area contributed by atoms with Crippen molar-refractivity contribution < 1.29 is 27.5 Å². The first-order valence-electron chi connectivity index (χ1n) is 12.5. The smallest absolute Gasteiger partial charge is 0.422 e. The summed E-state index contributed by atoms with van der Waals surface area (Å²) in [5.41, 5.74) is 3.40. The number of aromatic nitrogens is 3. The minimum atomic E-state index is -4.57. The van der Waals surface area contributed by atoms with Crippen LogP contribution in [-0.2, 0) is 19.6 Å². The molecule has 6 bridgehead atoms. The van der Waals surface area contributed by atoms with Gasteiger partial charge < -0.3 is 26.0 Å². The Balaban J connectivity index is 1.46. The number of hydrogen-bond acceptors (Lipinski definition) is 8. The van der Waals surface area contributed by atoms with Gasteiger partial charge in [-0.1, -0.05) is 48.5 Å². The second-order valence-corrected chi connectivity index (χ2v) is 9.08. The molecule has 1 aromatic heterocycles. The van der Waals surface area contributed by atoms with E-state index in [0.29, 0.717) is 5.69 Å². The fourth-order valence-electron chi connectivity index (χ4n) is 4.00. The molecule has 4 N–H and O–H groups in total. The third-order valence-corrected chi connectivity index (χ3v) is 5.95. The van der Waals surface area contributed by atoms with E-state index in [1.165, 1.54) is 0 Å². The van der Waals surface area contributed by atoms with Crippen LogP contribution in [0, 0.1) is 0 Å². The third kappa shape index (κ3) is 7.47. The zero-order valence-corrected chi connectivity index (χ0v) is 21.5. The van der Waals surface area contributed by atoms with E-state index >= 15 is 0 Å². The molecule has 3 heterocycles. The van der Waals surface area contributed by atoms with Crippen molar-refractivity contribution in [3.8, 4) is 6.01 Å². The molecule has 210 valence electrons. The Morgan fingerprint density at radius 1 is 0.683 bits per heavy atom. The number of fused-ring (bicyclic) bond motifs is 7. The van der Waals surface area contributed by atoms with Crippen molar-refractivity contribution in [1.29, 1.82) is 0 Å². The van der Waals surface area contributed by atoms with Crippen molar-refractivity contribution in [3.05, 3.63) is 101 Å². The first kappa shape index (κ1) is 27.4. The average molecular weight is 564 g/mol. The molecule has 41 heavy (non-hydrogen) atoms. The van der Waals surface area contributed by atoms with Gasteiger partial charge in [-0.25, -0.2) is 0 Å². The SMILES string of the molecule is O=C1NCc2ccc(cc2)Nc2nc(nc(OCC(F)(F)F)n2)NCc2cccc(c2)CNC(=O)c2ccccc21. The molecule has 0 aliphatic carbocycles. The highest BCUT2D eigenvalue weighted by Crippen LogP contribution is 2.21. The number of carbonyl (C=O) groups excluding carboxylic acids is 2. The van der Waals surface area contributed by atoms with Crippen LogP contribution in [0.2, 0.25) is 0 Å². The van der Waals surface area contributed by atoms with Crippen LogP contribution in [0.1, 0.15) is 37.4 Å². The lowest BCUT2D eigenvalue weighted by atomic mass is 10.1. The van der Waals surface area contributed by atoms with Crippen molar-refractivity contribution in [2.45, 2.75) is 25.8 Å². The van der Waals surface area contributed by atoms with Crippen LogP contribution >= 0.6 is 0 Å². The molecule has 2 amide bonds. The van der Waals surface area contributed by atoms with Gasteiger partial charge >= 0.3 is 12.2 Å². The zero-order chi connectivity index (χ0) is 28.8. The summed E-state index contributed by atoms with van der Waals surface area (Å²) in [7, 11) is 0. The Morgan fingerprint density at radius 3 is 1.90 bits per heavy atom. The Kier molecular flexibility index (Phi) is 7.94. The van der Waals surface area contributed by atoms with Gasteiger partial charge in [0.1, 0.15) is 0 Å². The maximum atomic E-state index is 13.0. The topological polar surface area (TPSA) is 130 Å². The van der Waals surface area contributed by atoms with Crippen molar-refractivity contribution in [1.82, 2.24) is 25.6 Å². The molecular weight excluding hydrogens is 539 g/mol. The van der Waals surface area contributed by atoms with Crippen molar-refractivity contribution in [2.24, 2.45) is 0 Å². The van der Waals surface area contributed by atoms with E-state index in [4.69, 9.17) is 4.74 Å². The van der Waals surface area contributed by atoms with Crippen molar-refractivity contribution >= 4 is 29.4 Å². The van der Waals surface area contributed by atoms with Crippen LogP contribution < -0.4 is 26.0 Å². The quantitative estimate of drug-likeness (QED) is 0.284. The minimum absolute atomic E-state index is 0.000196. The van der Waals surface area contributed by atoms with Gasteiger partial charge in [-0.05, 0) is 41.0 Å². The zero-order valence-electron chi connectivity index (χ0n) is 21.5. The maximum Gasteiger partial charge on any atom is 0.422 e. The number of nitrogens with zero attached hydrogens (tertiary/aromatic N) is 3. The number of halogens is 3. The van der Waals surface area contributed by atoms with E-state index < -0.39 is 30.6 Å². The number of rotatable bonds is 2. The van der Waals surface area contributed by atoms with Gasteiger partial charge in [-0.2, -0.15) is 28.1 Å². The van der Waals surface area contributed by atoms with E-state index in [1.54, 1.807) is 54.6 Å². The summed E-state index contributed by atoms with van der Waals surface area (Å²) in [6, 6.07) is 20.3. The molecule has 0 unspecified atom stereocenters. The van der Waals surface area contributed by atoms with E-state index in [-0.39, 0.29) is 42.7 Å².